The van der Waals surface area contributed by atoms with E-state index in [0.717, 1.165) is 12.1 Å². The van der Waals surface area contributed by atoms with Gasteiger partial charge in [-0.3, -0.25) is 9.59 Å². The van der Waals surface area contributed by atoms with E-state index >= 15 is 0 Å². The van der Waals surface area contributed by atoms with Crippen molar-refractivity contribution >= 4 is 71.1 Å². The molecule has 0 bridgehead atoms. The Balaban J connectivity index is 0.00000433. The Kier molecular flexibility index (Phi) is 20.2. The molecule has 0 aliphatic carbocycles. The SMILES string of the molecule is CC1(C)C(/C=C/C=C(Cl)/C=C/C=C2/N(CS(=O)(=O)O)c3ccc(SOO[O-])cc3C2(C)C)=[N+](CS(=O)(=O)[O-])c2ccc(S(=O)(=O)[O-])cc21.[K+].[K+].[K+]. The summed E-state index contributed by atoms with van der Waals surface area (Å²) in [6.07, 6.45) is 9.13. The fourth-order valence-corrected chi connectivity index (χ4v) is 7.92. The van der Waals surface area contributed by atoms with Gasteiger partial charge in [0.2, 0.25) is 11.6 Å². The van der Waals surface area contributed by atoms with Gasteiger partial charge in [0.25, 0.3) is 10.1 Å². The van der Waals surface area contributed by atoms with Crippen LogP contribution in [-0.2, 0) is 50.6 Å². The number of nitrogens with zero attached hydrogens (tertiary/aromatic N) is 2. The normalized spacial score (nSPS) is 17.7. The van der Waals surface area contributed by atoms with Crippen LogP contribution in [0.3, 0.4) is 0 Å². The molecule has 1 N–H and O–H groups in total. The van der Waals surface area contributed by atoms with Gasteiger partial charge in [-0.1, -0.05) is 37.6 Å². The number of anilines is 1. The topological polar surface area (TPSA) is 217 Å². The maximum atomic E-state index is 11.9. The molecule has 2 aromatic rings. The number of halogens is 1. The summed E-state index contributed by atoms with van der Waals surface area (Å²) in [6.45, 7) is 7.01. The van der Waals surface area contributed by atoms with Gasteiger partial charge in [0.1, 0.15) is 10.1 Å². The van der Waals surface area contributed by atoms with Gasteiger partial charge >= 0.3 is 154 Å². The van der Waals surface area contributed by atoms with Crippen molar-refractivity contribution in [1.82, 2.24) is 0 Å². The zero-order chi connectivity index (χ0) is 35.9. The fraction of sp³-hybridized carbons (Fsp3) is 0.276. The molecule has 0 aromatic heterocycles. The molecule has 2 aliphatic heterocycles. The van der Waals surface area contributed by atoms with E-state index in [1.54, 1.807) is 44.2 Å². The number of hydrogen-bond acceptors (Lipinski definition) is 13. The second-order valence-corrected chi connectivity index (χ2v) is 17.1. The van der Waals surface area contributed by atoms with Crippen LogP contribution in [0.4, 0.5) is 11.4 Å². The molecule has 0 spiro atoms. The first kappa shape index (κ1) is 51.0. The van der Waals surface area contributed by atoms with Crippen LogP contribution >= 0.6 is 23.6 Å². The van der Waals surface area contributed by atoms with Crippen molar-refractivity contribution in [3.63, 3.8) is 0 Å². The summed E-state index contributed by atoms with van der Waals surface area (Å²) in [5.41, 5.74) is 0.753. The number of benzene rings is 2. The quantitative estimate of drug-likeness (QED) is 0.0401. The third-order valence-corrected chi connectivity index (χ3v) is 10.6. The molecule has 260 valence electrons. The minimum absolute atomic E-state index is 0. The minimum atomic E-state index is -4.81. The van der Waals surface area contributed by atoms with E-state index in [-0.39, 0.29) is 165 Å². The molecule has 14 nitrogen and oxygen atoms in total. The summed E-state index contributed by atoms with van der Waals surface area (Å²) in [6, 6.07) is 8.37. The van der Waals surface area contributed by atoms with Crippen LogP contribution in [0.25, 0.3) is 0 Å². The smallest absolute Gasteiger partial charge is 0.744 e. The maximum Gasteiger partial charge on any atom is 1.00 e. The molecule has 2 heterocycles. The zero-order valence-corrected chi connectivity index (χ0v) is 42.1. The molecular weight excluding hydrogens is 849 g/mol. The molecule has 2 aromatic carbocycles. The van der Waals surface area contributed by atoms with E-state index in [2.05, 4.69) is 9.37 Å². The molecule has 2 aliphatic rings. The Morgan fingerprint density at radius 3 is 2.18 bits per heavy atom. The second kappa shape index (κ2) is 20.1. The first-order chi connectivity index (χ1) is 22.1. The van der Waals surface area contributed by atoms with Gasteiger partial charge < -0.3 is 19.3 Å². The molecule has 0 saturated carbocycles. The van der Waals surface area contributed by atoms with E-state index in [1.165, 1.54) is 39.8 Å². The van der Waals surface area contributed by atoms with Crippen molar-refractivity contribution < 1.29 is 212 Å². The van der Waals surface area contributed by atoms with Gasteiger partial charge in [0.05, 0.1) is 22.4 Å². The van der Waals surface area contributed by atoms with E-state index in [9.17, 15) is 44.2 Å². The molecule has 0 unspecified atom stereocenters. The van der Waals surface area contributed by atoms with Crippen molar-refractivity contribution in [3.8, 4) is 0 Å². The van der Waals surface area contributed by atoms with Crippen LogP contribution in [0.2, 0.25) is 0 Å². The summed E-state index contributed by atoms with van der Waals surface area (Å²) < 4.78 is 109. The standard InChI is InChI=1S/C29H31ClN2O12S4.3K/c1-28(2)22-15-20(45-44-43-33)11-13-24(22)31(17-46(34,35)36)26(28)9-5-7-19(30)8-6-10-27-29(3,4)23-16-21(48(40,41)42)12-14-25(23)32(27)18-47(37,38)39;;;/h5-16H,17-18H2,1-4H3,(H3-,33,34,35,36,37,38,39,40,41,42);;;/q;3*+1/p-2. The molecule has 0 atom stereocenters. The van der Waals surface area contributed by atoms with E-state index < -0.39 is 57.8 Å². The van der Waals surface area contributed by atoms with Crippen LogP contribution < -0.4 is 164 Å². The Hall–Kier alpha value is 2.03. The Labute approximate surface area is 434 Å². The summed E-state index contributed by atoms with van der Waals surface area (Å²) in [5.74, 6) is -1.69. The van der Waals surface area contributed by atoms with Gasteiger partial charge in [0, 0.05) is 44.4 Å². The molecule has 0 radical (unpaired) electrons. The maximum absolute atomic E-state index is 11.9. The molecule has 4 rings (SSSR count). The van der Waals surface area contributed by atoms with Crippen molar-refractivity contribution in [2.45, 2.75) is 48.3 Å². The molecular formula is C29H29ClK3N2O12S4+. The van der Waals surface area contributed by atoms with Crippen molar-refractivity contribution in [1.29, 1.82) is 0 Å². The van der Waals surface area contributed by atoms with E-state index in [0.29, 0.717) is 45.2 Å². The molecule has 0 amide bonds. The average Bonchev–Trinajstić information content (AvgIpc) is 3.28. The number of rotatable bonds is 12. The van der Waals surface area contributed by atoms with Crippen molar-refractivity contribution in [2.75, 3.05) is 16.7 Å². The number of hydrogen-bond donors (Lipinski definition) is 1. The first-order valence-corrected chi connectivity index (χ1v) is 19.4. The third kappa shape index (κ3) is 13.0. The van der Waals surface area contributed by atoms with Gasteiger partial charge in [-0.05, 0) is 68.0 Å². The van der Waals surface area contributed by atoms with Crippen LogP contribution in [0.5, 0.6) is 0 Å². The monoisotopic (exact) mass is 877 g/mol. The molecule has 0 saturated heterocycles. The molecule has 22 heteroatoms. The predicted octanol–water partition coefficient (Wildman–Crippen LogP) is -5.53. The summed E-state index contributed by atoms with van der Waals surface area (Å²) in [4.78, 5) is 1.43. The van der Waals surface area contributed by atoms with Gasteiger partial charge in [-0.25, -0.2) is 16.8 Å². The summed E-state index contributed by atoms with van der Waals surface area (Å²) in [5, 5.41) is 13.8. The Morgan fingerprint density at radius 2 is 1.61 bits per heavy atom. The molecule has 0 fully saturated rings. The van der Waals surface area contributed by atoms with Gasteiger partial charge in [-0.2, -0.15) is 17.3 Å². The summed E-state index contributed by atoms with van der Waals surface area (Å²) in [7, 11) is -14.1. The van der Waals surface area contributed by atoms with Crippen LogP contribution in [0.1, 0.15) is 38.8 Å². The molecule has 51 heavy (non-hydrogen) atoms. The summed E-state index contributed by atoms with van der Waals surface area (Å²) >= 11 is 7.09. The zero-order valence-electron chi connectivity index (χ0n) is 28.7. The van der Waals surface area contributed by atoms with E-state index in [1.807, 2.05) is 13.8 Å². The van der Waals surface area contributed by atoms with Gasteiger partial charge in [0.15, 0.2) is 21.7 Å². The predicted molar refractivity (Wildman–Crippen MR) is 174 cm³/mol. The number of allylic oxidation sites excluding steroid dienone is 8. The van der Waals surface area contributed by atoms with Crippen molar-refractivity contribution in [3.05, 3.63) is 94.7 Å². The van der Waals surface area contributed by atoms with Crippen LogP contribution in [-0.4, -0.2) is 61.0 Å². The van der Waals surface area contributed by atoms with Crippen LogP contribution in [0, 0.1) is 0 Å². The first-order valence-electron chi connectivity index (χ1n) is 13.7. The fourth-order valence-electron chi connectivity index (χ4n) is 5.69. The largest absolute Gasteiger partial charge is 1.00 e. The minimum Gasteiger partial charge on any atom is -0.744 e. The van der Waals surface area contributed by atoms with Gasteiger partial charge in [-0.15, -0.1) is 0 Å². The van der Waals surface area contributed by atoms with Crippen molar-refractivity contribution in [2.24, 2.45) is 0 Å². The van der Waals surface area contributed by atoms with E-state index in [4.69, 9.17) is 11.6 Å². The third-order valence-electron chi connectivity index (χ3n) is 7.77. The second-order valence-electron chi connectivity index (χ2n) is 11.7. The van der Waals surface area contributed by atoms with Crippen LogP contribution in [0.15, 0.2) is 93.4 Å². The Bertz CT molecular complexity index is 2140. The number of fused-ring (bicyclic) bond motifs is 2. The Morgan fingerprint density at radius 1 is 0.961 bits per heavy atom. The average molecular weight is 879 g/mol.